The molecule has 0 radical (unpaired) electrons. The molecule has 29 heavy (non-hydrogen) atoms. The molecule has 150 valence electrons. The lowest BCUT2D eigenvalue weighted by Crippen LogP contribution is -2.28. The number of amides is 1. The summed E-state index contributed by atoms with van der Waals surface area (Å²) < 4.78 is 42.9. The third kappa shape index (κ3) is 3.41. The maximum Gasteiger partial charge on any atom is 0.236 e. The number of nitrogens with zero attached hydrogens (tertiary/aromatic N) is 1. The number of nitrogens with one attached hydrogen (secondary N) is 1. The van der Waals surface area contributed by atoms with Gasteiger partial charge < -0.3 is 19.3 Å². The van der Waals surface area contributed by atoms with Crippen molar-refractivity contribution in [1.82, 2.24) is 5.16 Å². The number of methoxy groups -OCH3 is 2. The Morgan fingerprint density at radius 1 is 1.07 bits per heavy atom. The van der Waals surface area contributed by atoms with E-state index in [1.807, 2.05) is 0 Å². The Balaban J connectivity index is 1.58. The molecular weight excluding hydrogens is 382 g/mol. The van der Waals surface area contributed by atoms with Gasteiger partial charge in [-0.1, -0.05) is 5.16 Å². The highest BCUT2D eigenvalue weighted by atomic mass is 19.1. The van der Waals surface area contributed by atoms with Gasteiger partial charge in [0, 0.05) is 17.7 Å². The van der Waals surface area contributed by atoms with Crippen molar-refractivity contribution in [2.45, 2.75) is 18.3 Å². The van der Waals surface area contributed by atoms with Crippen LogP contribution in [0.4, 0.5) is 14.5 Å². The van der Waals surface area contributed by atoms with E-state index in [2.05, 4.69) is 10.5 Å². The summed E-state index contributed by atoms with van der Waals surface area (Å²) in [6.07, 6.45) is 1.11. The fourth-order valence-corrected chi connectivity index (χ4v) is 3.18. The molecule has 0 unspecified atom stereocenters. The lowest BCUT2D eigenvalue weighted by molar-refractivity contribution is -0.118. The molecule has 1 aliphatic carbocycles. The predicted molar refractivity (Wildman–Crippen MR) is 101 cm³/mol. The van der Waals surface area contributed by atoms with Crippen molar-refractivity contribution in [3.8, 4) is 22.8 Å². The normalized spacial score (nSPS) is 14.3. The van der Waals surface area contributed by atoms with Crippen LogP contribution in [0.5, 0.6) is 11.5 Å². The van der Waals surface area contributed by atoms with Crippen LogP contribution in [0.1, 0.15) is 18.5 Å². The van der Waals surface area contributed by atoms with Crippen molar-refractivity contribution in [2.75, 3.05) is 19.5 Å². The van der Waals surface area contributed by atoms with Crippen LogP contribution in [0.2, 0.25) is 0 Å². The first-order valence-electron chi connectivity index (χ1n) is 8.93. The third-order valence-electron chi connectivity index (χ3n) is 5.03. The van der Waals surface area contributed by atoms with Crippen molar-refractivity contribution in [3.63, 3.8) is 0 Å². The van der Waals surface area contributed by atoms with Gasteiger partial charge in [0.25, 0.3) is 0 Å². The van der Waals surface area contributed by atoms with Gasteiger partial charge in [-0.25, -0.2) is 8.78 Å². The fourth-order valence-electron chi connectivity index (χ4n) is 3.18. The first kappa shape index (κ1) is 18.9. The molecule has 1 aromatic heterocycles. The maximum atomic E-state index is 13.9. The zero-order valence-corrected chi connectivity index (χ0v) is 15.8. The summed E-state index contributed by atoms with van der Waals surface area (Å²) in [5.41, 5.74) is 0.204. The van der Waals surface area contributed by atoms with Crippen LogP contribution in [0, 0.1) is 11.6 Å². The Morgan fingerprint density at radius 3 is 2.48 bits per heavy atom. The Hall–Kier alpha value is -3.42. The van der Waals surface area contributed by atoms with Gasteiger partial charge in [-0.2, -0.15) is 0 Å². The Kier molecular flexibility index (Phi) is 4.70. The summed E-state index contributed by atoms with van der Waals surface area (Å²) in [5.74, 6) is -0.370. The summed E-state index contributed by atoms with van der Waals surface area (Å²) in [4.78, 5) is 12.8. The highest BCUT2D eigenvalue weighted by molar-refractivity contribution is 6.01. The molecule has 1 amide bonds. The second kappa shape index (κ2) is 7.20. The van der Waals surface area contributed by atoms with Crippen LogP contribution in [-0.4, -0.2) is 25.3 Å². The smallest absolute Gasteiger partial charge is 0.236 e. The molecule has 6 nitrogen and oxygen atoms in total. The Bertz CT molecular complexity index is 1080. The highest BCUT2D eigenvalue weighted by Gasteiger charge is 2.54. The molecule has 2 aromatic carbocycles. The number of hydrogen-bond donors (Lipinski definition) is 1. The topological polar surface area (TPSA) is 73.6 Å². The lowest BCUT2D eigenvalue weighted by atomic mass is 10.00. The predicted octanol–water partition coefficient (Wildman–Crippen LogP) is 4.31. The number of ether oxygens (including phenoxy) is 2. The zero-order chi connectivity index (χ0) is 20.6. The van der Waals surface area contributed by atoms with E-state index in [1.165, 1.54) is 13.2 Å². The van der Waals surface area contributed by atoms with E-state index in [0.717, 1.165) is 12.1 Å². The molecule has 0 atom stereocenters. The summed E-state index contributed by atoms with van der Waals surface area (Å²) >= 11 is 0. The minimum Gasteiger partial charge on any atom is -0.493 e. The average molecular weight is 400 g/mol. The van der Waals surface area contributed by atoms with E-state index in [-0.39, 0.29) is 5.69 Å². The quantitative estimate of drug-likeness (QED) is 0.668. The van der Waals surface area contributed by atoms with Crippen molar-refractivity contribution in [2.24, 2.45) is 0 Å². The zero-order valence-electron chi connectivity index (χ0n) is 15.8. The lowest BCUT2D eigenvalue weighted by Gasteiger charge is -2.13. The molecule has 4 rings (SSSR count). The largest absolute Gasteiger partial charge is 0.493 e. The summed E-state index contributed by atoms with van der Waals surface area (Å²) in [6.45, 7) is 0. The van der Waals surface area contributed by atoms with E-state index in [9.17, 15) is 13.6 Å². The monoisotopic (exact) mass is 400 g/mol. The molecule has 0 spiro atoms. The highest BCUT2D eigenvalue weighted by Crippen LogP contribution is 2.49. The van der Waals surface area contributed by atoms with Crippen LogP contribution in [0.15, 0.2) is 47.0 Å². The Labute approximate surface area is 165 Å². The van der Waals surface area contributed by atoms with E-state index in [1.54, 1.807) is 31.4 Å². The van der Waals surface area contributed by atoms with Gasteiger partial charge in [-0.15, -0.1) is 0 Å². The minimum atomic E-state index is -0.890. The second-order valence-electron chi connectivity index (χ2n) is 6.81. The molecule has 1 aliphatic rings. The van der Waals surface area contributed by atoms with Gasteiger partial charge >= 0.3 is 0 Å². The third-order valence-corrected chi connectivity index (χ3v) is 5.03. The van der Waals surface area contributed by atoms with Crippen molar-refractivity contribution in [3.05, 3.63) is 59.8 Å². The number of anilines is 1. The first-order valence-corrected chi connectivity index (χ1v) is 8.93. The maximum absolute atomic E-state index is 13.9. The number of halogens is 2. The van der Waals surface area contributed by atoms with Gasteiger partial charge in [0.1, 0.15) is 11.6 Å². The summed E-state index contributed by atoms with van der Waals surface area (Å²) in [7, 11) is 3.08. The molecule has 0 aliphatic heterocycles. The first-order chi connectivity index (χ1) is 14.0. The Morgan fingerprint density at radius 2 is 1.83 bits per heavy atom. The van der Waals surface area contributed by atoms with Crippen molar-refractivity contribution in [1.29, 1.82) is 0 Å². The van der Waals surface area contributed by atoms with E-state index >= 15 is 0 Å². The SMILES string of the molecule is COc1ccc(-c2cc(C3(C(=O)Nc4ccc(F)cc4F)CC3)no2)cc1OC. The van der Waals surface area contributed by atoms with Gasteiger partial charge in [0.2, 0.25) is 5.91 Å². The van der Waals surface area contributed by atoms with Gasteiger partial charge in [0.05, 0.1) is 31.0 Å². The van der Waals surface area contributed by atoms with Crippen LogP contribution in [0.25, 0.3) is 11.3 Å². The van der Waals surface area contributed by atoms with E-state index in [0.29, 0.717) is 41.4 Å². The molecule has 1 heterocycles. The van der Waals surface area contributed by atoms with Crippen molar-refractivity contribution >= 4 is 11.6 Å². The molecule has 8 heteroatoms. The number of rotatable bonds is 6. The second-order valence-corrected chi connectivity index (χ2v) is 6.81. The molecule has 1 saturated carbocycles. The summed E-state index contributed by atoms with van der Waals surface area (Å²) in [5, 5.41) is 6.58. The minimum absolute atomic E-state index is 0.0775. The fraction of sp³-hybridized carbons (Fsp3) is 0.238. The van der Waals surface area contributed by atoms with Gasteiger partial charge in [-0.05, 0) is 43.2 Å². The molecule has 1 N–H and O–H groups in total. The number of benzene rings is 2. The van der Waals surface area contributed by atoms with Crippen molar-refractivity contribution < 1.29 is 27.6 Å². The van der Waals surface area contributed by atoms with Crippen LogP contribution in [0.3, 0.4) is 0 Å². The van der Waals surface area contributed by atoms with Crippen LogP contribution in [-0.2, 0) is 10.2 Å². The molecule has 3 aromatic rings. The van der Waals surface area contributed by atoms with Crippen LogP contribution >= 0.6 is 0 Å². The molecule has 0 saturated heterocycles. The molecule has 1 fully saturated rings. The standard InChI is InChI=1S/C21H18F2N2O4/c1-27-16-6-3-12(9-18(16)28-2)17-11-19(25-29-17)21(7-8-21)20(26)24-15-5-4-13(22)10-14(15)23/h3-6,9-11H,7-8H2,1-2H3,(H,24,26). The molecular formula is C21H18F2N2O4. The van der Waals surface area contributed by atoms with Gasteiger partial charge in [0.15, 0.2) is 17.3 Å². The number of hydrogen-bond acceptors (Lipinski definition) is 5. The number of aromatic nitrogens is 1. The summed E-state index contributed by atoms with van der Waals surface area (Å²) in [6, 6.07) is 9.97. The number of carbonyl (C=O) groups is 1. The van der Waals surface area contributed by atoms with Gasteiger partial charge in [-0.3, -0.25) is 4.79 Å². The van der Waals surface area contributed by atoms with Crippen LogP contribution < -0.4 is 14.8 Å². The number of carbonyl (C=O) groups excluding carboxylic acids is 1. The van der Waals surface area contributed by atoms with E-state index in [4.69, 9.17) is 14.0 Å². The molecule has 0 bridgehead atoms. The average Bonchev–Trinajstić information content (AvgIpc) is 3.39. The van der Waals surface area contributed by atoms with E-state index < -0.39 is 23.0 Å².